The molecule has 0 saturated carbocycles. The summed E-state index contributed by atoms with van der Waals surface area (Å²) < 4.78 is 5.72. The Bertz CT molecular complexity index is 510. The maximum absolute atomic E-state index is 8.92. The molecule has 2 aromatic rings. The summed E-state index contributed by atoms with van der Waals surface area (Å²) in [5.41, 5.74) is 0.889. The Labute approximate surface area is 111 Å². The number of furan rings is 1. The summed E-state index contributed by atoms with van der Waals surface area (Å²) in [5, 5.41) is 12.7. The monoisotopic (exact) mass is 265 g/mol. The highest BCUT2D eigenvalue weighted by atomic mass is 35.5. The van der Waals surface area contributed by atoms with E-state index in [9.17, 15) is 0 Å². The molecule has 0 bridgehead atoms. The lowest BCUT2D eigenvalue weighted by Crippen LogP contribution is -2.28. The van der Waals surface area contributed by atoms with E-state index in [-0.39, 0.29) is 12.6 Å². The molecule has 18 heavy (non-hydrogen) atoms. The molecule has 0 unspecified atom stereocenters. The van der Waals surface area contributed by atoms with Crippen LogP contribution >= 0.6 is 11.6 Å². The summed E-state index contributed by atoms with van der Waals surface area (Å²) in [6, 6.07) is 11.5. The van der Waals surface area contributed by atoms with Crippen LogP contribution in [0.1, 0.15) is 12.7 Å². The molecule has 0 fully saturated rings. The van der Waals surface area contributed by atoms with Crippen molar-refractivity contribution in [1.82, 2.24) is 5.32 Å². The second-order valence-electron chi connectivity index (χ2n) is 4.21. The third kappa shape index (κ3) is 3.13. The summed E-state index contributed by atoms with van der Waals surface area (Å²) in [4.78, 5) is 0. The van der Waals surface area contributed by atoms with E-state index >= 15 is 0 Å². The molecule has 0 saturated heterocycles. The van der Waals surface area contributed by atoms with E-state index in [1.165, 1.54) is 0 Å². The number of aliphatic hydroxyl groups is 1. The SMILES string of the molecule is C[C@H](CO)NCc1ccc(-c2ccccc2Cl)o1. The van der Waals surface area contributed by atoms with Crippen molar-refractivity contribution in [1.29, 1.82) is 0 Å². The Morgan fingerprint density at radius 2 is 2.06 bits per heavy atom. The summed E-state index contributed by atoms with van der Waals surface area (Å²) in [5.74, 6) is 1.58. The molecule has 1 heterocycles. The minimum absolute atomic E-state index is 0.0545. The highest BCUT2D eigenvalue weighted by molar-refractivity contribution is 6.33. The van der Waals surface area contributed by atoms with Crippen LogP contribution in [0.2, 0.25) is 5.02 Å². The minimum Gasteiger partial charge on any atom is -0.460 e. The van der Waals surface area contributed by atoms with Gasteiger partial charge in [-0.05, 0) is 31.2 Å². The van der Waals surface area contributed by atoms with Gasteiger partial charge in [-0.1, -0.05) is 23.7 Å². The fourth-order valence-corrected chi connectivity index (χ4v) is 1.85. The number of aliphatic hydroxyl groups excluding tert-OH is 1. The normalized spacial score (nSPS) is 12.6. The van der Waals surface area contributed by atoms with Crippen molar-refractivity contribution in [3.63, 3.8) is 0 Å². The van der Waals surface area contributed by atoms with Crippen LogP contribution in [0, 0.1) is 0 Å². The van der Waals surface area contributed by atoms with Crippen molar-refractivity contribution >= 4 is 11.6 Å². The lowest BCUT2D eigenvalue weighted by molar-refractivity contribution is 0.248. The van der Waals surface area contributed by atoms with Gasteiger partial charge in [0.1, 0.15) is 11.5 Å². The first kappa shape index (κ1) is 13.1. The molecule has 0 aliphatic rings. The van der Waals surface area contributed by atoms with Crippen LogP contribution in [0.15, 0.2) is 40.8 Å². The van der Waals surface area contributed by atoms with Crippen LogP contribution in [0.4, 0.5) is 0 Å². The van der Waals surface area contributed by atoms with Crippen molar-refractivity contribution in [3.05, 3.63) is 47.2 Å². The number of rotatable bonds is 5. The Hall–Kier alpha value is -1.29. The van der Waals surface area contributed by atoms with Gasteiger partial charge in [0.05, 0.1) is 18.2 Å². The predicted octanol–water partition coefficient (Wildman–Crippen LogP) is 3.07. The number of hydrogen-bond acceptors (Lipinski definition) is 3. The quantitative estimate of drug-likeness (QED) is 0.873. The van der Waals surface area contributed by atoms with Crippen molar-refractivity contribution < 1.29 is 9.52 Å². The molecule has 0 spiro atoms. The highest BCUT2D eigenvalue weighted by Gasteiger charge is 2.08. The maximum atomic E-state index is 8.92. The molecular weight excluding hydrogens is 250 g/mol. The zero-order valence-electron chi connectivity index (χ0n) is 10.2. The predicted molar refractivity (Wildman–Crippen MR) is 72.5 cm³/mol. The van der Waals surface area contributed by atoms with E-state index in [0.717, 1.165) is 17.1 Å². The third-order valence-electron chi connectivity index (χ3n) is 2.70. The van der Waals surface area contributed by atoms with Crippen LogP contribution in [0.5, 0.6) is 0 Å². The summed E-state index contributed by atoms with van der Waals surface area (Å²) in [7, 11) is 0. The first-order valence-electron chi connectivity index (χ1n) is 5.88. The molecule has 2 N–H and O–H groups in total. The number of halogens is 1. The Morgan fingerprint density at radius 3 is 2.78 bits per heavy atom. The van der Waals surface area contributed by atoms with Crippen LogP contribution in [0.25, 0.3) is 11.3 Å². The molecule has 3 nitrogen and oxygen atoms in total. The largest absolute Gasteiger partial charge is 0.460 e. The zero-order chi connectivity index (χ0) is 13.0. The van der Waals surface area contributed by atoms with Crippen molar-refractivity contribution in [3.8, 4) is 11.3 Å². The van der Waals surface area contributed by atoms with Gasteiger partial charge in [-0.25, -0.2) is 0 Å². The van der Waals surface area contributed by atoms with E-state index in [1.54, 1.807) is 0 Å². The smallest absolute Gasteiger partial charge is 0.135 e. The van der Waals surface area contributed by atoms with Gasteiger partial charge in [-0.15, -0.1) is 0 Å². The Kier molecular flexibility index (Phi) is 4.42. The Morgan fingerprint density at radius 1 is 1.28 bits per heavy atom. The van der Waals surface area contributed by atoms with E-state index in [0.29, 0.717) is 11.6 Å². The summed E-state index contributed by atoms with van der Waals surface area (Å²) in [6.45, 7) is 2.61. The molecule has 1 aromatic heterocycles. The highest BCUT2D eigenvalue weighted by Crippen LogP contribution is 2.28. The average Bonchev–Trinajstić information content (AvgIpc) is 2.85. The molecule has 0 aliphatic carbocycles. The van der Waals surface area contributed by atoms with Crippen LogP contribution in [0.3, 0.4) is 0 Å². The van der Waals surface area contributed by atoms with E-state index < -0.39 is 0 Å². The number of nitrogens with one attached hydrogen (secondary N) is 1. The van der Waals surface area contributed by atoms with Gasteiger partial charge in [0.15, 0.2) is 0 Å². The van der Waals surface area contributed by atoms with Crippen molar-refractivity contribution in [2.75, 3.05) is 6.61 Å². The third-order valence-corrected chi connectivity index (χ3v) is 3.03. The van der Waals surface area contributed by atoms with E-state index in [1.807, 2.05) is 43.3 Å². The zero-order valence-corrected chi connectivity index (χ0v) is 10.9. The van der Waals surface area contributed by atoms with E-state index in [2.05, 4.69) is 5.32 Å². The van der Waals surface area contributed by atoms with Gasteiger partial charge in [0.25, 0.3) is 0 Å². The van der Waals surface area contributed by atoms with Crippen LogP contribution in [-0.4, -0.2) is 17.8 Å². The van der Waals surface area contributed by atoms with Gasteiger partial charge >= 0.3 is 0 Å². The van der Waals surface area contributed by atoms with Crippen LogP contribution in [-0.2, 0) is 6.54 Å². The van der Waals surface area contributed by atoms with Gasteiger partial charge < -0.3 is 14.8 Å². The van der Waals surface area contributed by atoms with Crippen molar-refractivity contribution in [2.45, 2.75) is 19.5 Å². The topological polar surface area (TPSA) is 45.4 Å². The summed E-state index contributed by atoms with van der Waals surface area (Å²) >= 11 is 6.11. The fraction of sp³-hybridized carbons (Fsp3) is 0.286. The molecule has 0 aliphatic heterocycles. The number of benzene rings is 1. The molecule has 96 valence electrons. The maximum Gasteiger partial charge on any atom is 0.135 e. The van der Waals surface area contributed by atoms with Crippen LogP contribution < -0.4 is 5.32 Å². The molecule has 1 aromatic carbocycles. The molecule has 4 heteroatoms. The molecule has 2 rings (SSSR count). The Balaban J connectivity index is 2.09. The average molecular weight is 266 g/mol. The van der Waals surface area contributed by atoms with Gasteiger partial charge in [0.2, 0.25) is 0 Å². The van der Waals surface area contributed by atoms with Crippen molar-refractivity contribution in [2.24, 2.45) is 0 Å². The summed E-state index contributed by atoms with van der Waals surface area (Å²) in [6.07, 6.45) is 0. The molecular formula is C14H16ClNO2. The standard InChI is InChI=1S/C14H16ClNO2/c1-10(9-17)16-8-11-6-7-14(18-11)12-4-2-3-5-13(12)15/h2-7,10,16-17H,8-9H2,1H3/t10-/m1/s1. The first-order valence-corrected chi connectivity index (χ1v) is 6.26. The first-order chi connectivity index (χ1) is 8.70. The van der Waals surface area contributed by atoms with Gasteiger partial charge in [-0.2, -0.15) is 0 Å². The second-order valence-corrected chi connectivity index (χ2v) is 4.62. The van der Waals surface area contributed by atoms with E-state index in [4.69, 9.17) is 21.1 Å². The lowest BCUT2D eigenvalue weighted by Gasteiger charge is -2.08. The second kappa shape index (κ2) is 6.05. The van der Waals surface area contributed by atoms with Gasteiger partial charge in [0, 0.05) is 11.6 Å². The molecule has 0 amide bonds. The number of hydrogen-bond donors (Lipinski definition) is 2. The lowest BCUT2D eigenvalue weighted by atomic mass is 10.2. The fourth-order valence-electron chi connectivity index (χ4n) is 1.62. The molecule has 0 radical (unpaired) electrons. The minimum atomic E-state index is 0.0545. The van der Waals surface area contributed by atoms with Gasteiger partial charge in [-0.3, -0.25) is 0 Å². The molecule has 1 atom stereocenters.